The molecule has 0 aliphatic heterocycles. The third-order valence-corrected chi connectivity index (χ3v) is 9.19. The Bertz CT molecular complexity index is 1560. The van der Waals surface area contributed by atoms with Crippen molar-refractivity contribution < 1.29 is 13.7 Å². The highest BCUT2D eigenvalue weighted by molar-refractivity contribution is 7.85. The first-order chi connectivity index (χ1) is 21.5. The molecule has 0 bridgehead atoms. The maximum Gasteiger partial charge on any atom is 0.407 e. The van der Waals surface area contributed by atoms with Gasteiger partial charge in [-0.3, -0.25) is 9.11 Å². The predicted molar refractivity (Wildman–Crippen MR) is 177 cm³/mol. The Kier molecular flexibility index (Phi) is 11.1. The molecule has 0 spiro atoms. The molecule has 224 valence electrons. The second-order valence-corrected chi connectivity index (χ2v) is 12.6. The zero-order valence-corrected chi connectivity index (χ0v) is 25.7. The molecule has 6 heteroatoms. The molecular weight excluding hydrogens is 564 g/mol. The van der Waals surface area contributed by atoms with Crippen LogP contribution in [0.25, 0.3) is 0 Å². The van der Waals surface area contributed by atoms with Gasteiger partial charge in [0, 0.05) is 24.5 Å². The van der Waals surface area contributed by atoms with Gasteiger partial charge in [-0.05, 0) is 41.3 Å². The zero-order chi connectivity index (χ0) is 30.6. The summed E-state index contributed by atoms with van der Waals surface area (Å²) in [6.07, 6.45) is -0.550. The predicted octanol–water partition coefficient (Wildman–Crippen LogP) is 7.84. The van der Waals surface area contributed by atoms with Crippen molar-refractivity contribution in [2.45, 2.75) is 42.8 Å². The summed E-state index contributed by atoms with van der Waals surface area (Å²) in [6.45, 7) is 3.95. The first kappa shape index (κ1) is 30.9. The number of alkyl carbamates (subject to hydrolysis) is 1. The van der Waals surface area contributed by atoms with Crippen LogP contribution >= 0.6 is 0 Å². The average molecular weight is 603 g/mol. The largest absolute Gasteiger partial charge is 0.445 e. The fourth-order valence-corrected chi connectivity index (χ4v) is 6.78. The number of carbonyl (C=O) groups excluding carboxylic acids is 1. The van der Waals surface area contributed by atoms with E-state index in [1.165, 1.54) is 0 Å². The second kappa shape index (κ2) is 15.8. The van der Waals surface area contributed by atoms with Gasteiger partial charge in [0.25, 0.3) is 0 Å². The summed E-state index contributed by atoms with van der Waals surface area (Å²) >= 11 is 0. The fourth-order valence-electron chi connectivity index (χ4n) is 5.21. The van der Waals surface area contributed by atoms with Crippen LogP contribution in [0.1, 0.15) is 33.9 Å². The van der Waals surface area contributed by atoms with Crippen LogP contribution in [0.5, 0.6) is 0 Å². The van der Waals surface area contributed by atoms with Gasteiger partial charge in [-0.2, -0.15) is 0 Å². The number of aryl methyl sites for hydroxylation is 1. The van der Waals surface area contributed by atoms with Crippen molar-refractivity contribution in [2.75, 3.05) is 6.54 Å². The Morgan fingerprint density at radius 1 is 0.682 bits per heavy atom. The number of nitrogens with one attached hydrogen (secondary N) is 1. The van der Waals surface area contributed by atoms with Crippen LogP contribution in [0.3, 0.4) is 0 Å². The van der Waals surface area contributed by atoms with Crippen molar-refractivity contribution in [2.24, 2.45) is 0 Å². The number of benzene rings is 5. The number of hydrogen-bond donors (Lipinski definition) is 1. The van der Waals surface area contributed by atoms with Crippen LogP contribution in [0.15, 0.2) is 150 Å². The molecule has 5 aromatic carbocycles. The number of carbonyl (C=O) groups is 1. The van der Waals surface area contributed by atoms with E-state index in [0.717, 1.165) is 32.7 Å². The van der Waals surface area contributed by atoms with Gasteiger partial charge in [-0.1, -0.05) is 139 Å². The van der Waals surface area contributed by atoms with Crippen LogP contribution in [0.2, 0.25) is 0 Å². The van der Waals surface area contributed by atoms with Gasteiger partial charge >= 0.3 is 6.09 Å². The molecule has 1 amide bonds. The molecule has 0 aliphatic rings. The van der Waals surface area contributed by atoms with Crippen LogP contribution < -0.4 is 5.32 Å². The van der Waals surface area contributed by atoms with Gasteiger partial charge in [0.2, 0.25) is 0 Å². The number of rotatable bonds is 13. The highest BCUT2D eigenvalue weighted by atomic mass is 32.2. The molecule has 5 rings (SSSR count). The van der Waals surface area contributed by atoms with Gasteiger partial charge < -0.3 is 10.1 Å². The van der Waals surface area contributed by atoms with Crippen molar-refractivity contribution in [3.8, 4) is 0 Å². The minimum Gasteiger partial charge on any atom is -0.445 e. The lowest BCUT2D eigenvalue weighted by Crippen LogP contribution is -2.45. The molecule has 0 radical (unpaired) electrons. The SMILES string of the molecule is Cc1ccc([S@](=O)[C@H](CN(Cc2ccccc2)Cc2ccccc2)[C@@H](NC(=O)OCc2ccccc2)c2ccccc2)cc1. The highest BCUT2D eigenvalue weighted by Gasteiger charge is 2.33. The molecule has 0 aliphatic carbocycles. The second-order valence-electron chi connectivity index (χ2n) is 10.9. The monoisotopic (exact) mass is 602 g/mol. The van der Waals surface area contributed by atoms with Crippen molar-refractivity contribution in [3.63, 3.8) is 0 Å². The van der Waals surface area contributed by atoms with Gasteiger partial charge in [-0.15, -0.1) is 0 Å². The maximum atomic E-state index is 14.6. The highest BCUT2D eigenvalue weighted by Crippen LogP contribution is 2.27. The summed E-state index contributed by atoms with van der Waals surface area (Å²) in [7, 11) is -1.46. The smallest absolute Gasteiger partial charge is 0.407 e. The normalized spacial score (nSPS) is 13.1. The van der Waals surface area contributed by atoms with Gasteiger partial charge in [0.1, 0.15) is 6.61 Å². The molecule has 0 saturated heterocycles. The topological polar surface area (TPSA) is 58.6 Å². The molecule has 0 aromatic heterocycles. The Morgan fingerprint density at radius 2 is 1.16 bits per heavy atom. The van der Waals surface area contributed by atoms with E-state index in [-0.39, 0.29) is 6.61 Å². The van der Waals surface area contributed by atoms with E-state index in [1.807, 2.05) is 128 Å². The Labute approximate surface area is 263 Å². The van der Waals surface area contributed by atoms with E-state index in [9.17, 15) is 9.00 Å². The summed E-state index contributed by atoms with van der Waals surface area (Å²) in [6, 6.07) is 47.2. The minimum absolute atomic E-state index is 0.147. The van der Waals surface area contributed by atoms with Gasteiger partial charge in [-0.25, -0.2) is 4.79 Å². The molecule has 0 saturated carbocycles. The Hall–Kier alpha value is -4.52. The number of nitrogens with zero attached hydrogens (tertiary/aromatic N) is 1. The van der Waals surface area contributed by atoms with Crippen LogP contribution in [-0.2, 0) is 35.2 Å². The van der Waals surface area contributed by atoms with E-state index < -0.39 is 28.2 Å². The third kappa shape index (κ3) is 8.99. The van der Waals surface area contributed by atoms with Crippen molar-refractivity contribution in [1.29, 1.82) is 0 Å². The van der Waals surface area contributed by atoms with Crippen molar-refractivity contribution in [3.05, 3.63) is 173 Å². The molecular formula is C38H38N2O3S. The average Bonchev–Trinajstić information content (AvgIpc) is 3.07. The minimum atomic E-state index is -1.46. The first-order valence-electron chi connectivity index (χ1n) is 14.8. The lowest BCUT2D eigenvalue weighted by molar-refractivity contribution is 0.134. The van der Waals surface area contributed by atoms with E-state index in [4.69, 9.17) is 4.74 Å². The Balaban J connectivity index is 1.49. The van der Waals surface area contributed by atoms with E-state index in [1.54, 1.807) is 0 Å². The fraction of sp³-hybridized carbons (Fsp3) is 0.184. The molecule has 0 unspecified atom stereocenters. The Morgan fingerprint density at radius 3 is 1.68 bits per heavy atom. The van der Waals surface area contributed by atoms with Crippen LogP contribution in [-0.4, -0.2) is 27.0 Å². The molecule has 3 atom stereocenters. The lowest BCUT2D eigenvalue weighted by atomic mass is 10.0. The van der Waals surface area contributed by atoms with E-state index in [2.05, 4.69) is 34.5 Å². The first-order valence-corrected chi connectivity index (χ1v) is 16.1. The summed E-state index contributed by atoms with van der Waals surface area (Å²) in [5.74, 6) is 0. The number of hydrogen-bond acceptors (Lipinski definition) is 4. The molecule has 44 heavy (non-hydrogen) atoms. The summed E-state index contributed by atoms with van der Waals surface area (Å²) in [5.41, 5.74) is 5.19. The van der Waals surface area contributed by atoms with Crippen molar-refractivity contribution in [1.82, 2.24) is 10.2 Å². The number of amides is 1. The standard InChI is InChI=1S/C38H38N2O3S/c1-30-22-24-35(25-23-30)44(42)36(28-40(26-31-14-6-2-7-15-31)27-32-16-8-3-9-17-32)37(34-20-12-5-13-21-34)39-38(41)43-29-33-18-10-4-11-19-33/h2-25,36-37H,26-29H2,1H3,(H,39,41)/t36-,37+,44+/m1/s1. The number of ether oxygens (including phenoxy) is 1. The summed E-state index contributed by atoms with van der Waals surface area (Å²) < 4.78 is 20.2. The van der Waals surface area contributed by atoms with Crippen LogP contribution in [0.4, 0.5) is 4.79 Å². The molecule has 1 N–H and O–H groups in total. The molecule has 0 fully saturated rings. The third-order valence-electron chi connectivity index (χ3n) is 7.48. The zero-order valence-electron chi connectivity index (χ0n) is 24.9. The quantitative estimate of drug-likeness (QED) is 0.149. The summed E-state index contributed by atoms with van der Waals surface area (Å²) in [4.78, 5) is 16.4. The van der Waals surface area contributed by atoms with E-state index >= 15 is 0 Å². The van der Waals surface area contributed by atoms with Gasteiger partial charge in [0.05, 0.1) is 22.1 Å². The van der Waals surface area contributed by atoms with E-state index in [0.29, 0.717) is 19.6 Å². The summed E-state index contributed by atoms with van der Waals surface area (Å²) in [5, 5.41) is 2.63. The molecule has 5 aromatic rings. The lowest BCUT2D eigenvalue weighted by Gasteiger charge is -2.33. The van der Waals surface area contributed by atoms with Crippen LogP contribution in [0, 0.1) is 6.92 Å². The van der Waals surface area contributed by atoms with Gasteiger partial charge in [0.15, 0.2) is 0 Å². The molecule has 0 heterocycles. The molecule has 5 nitrogen and oxygen atoms in total. The maximum absolute atomic E-state index is 14.6. The van der Waals surface area contributed by atoms with Crippen molar-refractivity contribution >= 4 is 16.9 Å².